The Hall–Kier alpha value is -1.68. The van der Waals surface area contributed by atoms with E-state index in [1.807, 2.05) is 31.2 Å². The first kappa shape index (κ1) is 11.8. The van der Waals surface area contributed by atoms with Gasteiger partial charge in [0.1, 0.15) is 0 Å². The molecule has 0 radical (unpaired) electrons. The first-order valence-electron chi connectivity index (χ1n) is 5.71. The lowest BCUT2D eigenvalue weighted by Crippen LogP contribution is -2.56. The van der Waals surface area contributed by atoms with Crippen molar-refractivity contribution >= 4 is 11.8 Å². The maximum atomic E-state index is 11.9. The highest BCUT2D eigenvalue weighted by Crippen LogP contribution is 2.11. The van der Waals surface area contributed by atoms with Crippen LogP contribution in [0.2, 0.25) is 0 Å². The van der Waals surface area contributed by atoms with Gasteiger partial charge in [-0.05, 0) is 19.4 Å². The summed E-state index contributed by atoms with van der Waals surface area (Å²) < 4.78 is 0. The zero-order valence-electron chi connectivity index (χ0n) is 10.1. The molecular formula is C13H16N2O2. The smallest absolute Gasteiger partial charge is 0.246 e. The highest BCUT2D eigenvalue weighted by molar-refractivity contribution is 6.00. The lowest BCUT2D eigenvalue weighted by molar-refractivity contribution is -0.149. The molecular weight excluding hydrogens is 216 g/mol. The maximum Gasteiger partial charge on any atom is 0.246 e. The Kier molecular flexibility index (Phi) is 3.24. The minimum absolute atomic E-state index is 0.150. The van der Waals surface area contributed by atoms with Crippen LogP contribution in [0.5, 0.6) is 0 Å². The molecule has 4 nitrogen and oxygen atoms in total. The number of hydrogen-bond donors (Lipinski definition) is 1. The van der Waals surface area contributed by atoms with Gasteiger partial charge in [-0.25, -0.2) is 0 Å². The van der Waals surface area contributed by atoms with Gasteiger partial charge in [-0.1, -0.05) is 29.8 Å². The number of aryl methyl sites for hydroxylation is 1. The monoisotopic (exact) mass is 232 g/mol. The lowest BCUT2D eigenvalue weighted by Gasteiger charge is -2.29. The van der Waals surface area contributed by atoms with Crippen LogP contribution in [0.4, 0.5) is 0 Å². The van der Waals surface area contributed by atoms with E-state index in [9.17, 15) is 9.59 Å². The van der Waals surface area contributed by atoms with Crippen molar-refractivity contribution in [1.82, 2.24) is 10.2 Å². The zero-order chi connectivity index (χ0) is 12.4. The van der Waals surface area contributed by atoms with E-state index in [1.54, 1.807) is 6.92 Å². The Morgan fingerprint density at radius 2 is 2.18 bits per heavy atom. The zero-order valence-corrected chi connectivity index (χ0v) is 10.1. The van der Waals surface area contributed by atoms with Gasteiger partial charge in [-0.2, -0.15) is 0 Å². The molecule has 1 aliphatic heterocycles. The van der Waals surface area contributed by atoms with Gasteiger partial charge in [0.2, 0.25) is 11.8 Å². The van der Waals surface area contributed by atoms with Gasteiger partial charge in [0.25, 0.3) is 0 Å². The van der Waals surface area contributed by atoms with Crippen LogP contribution in [-0.4, -0.2) is 29.3 Å². The number of nitrogens with zero attached hydrogens (tertiary/aromatic N) is 1. The topological polar surface area (TPSA) is 49.4 Å². The molecule has 0 aliphatic carbocycles. The van der Waals surface area contributed by atoms with Gasteiger partial charge in [-0.15, -0.1) is 0 Å². The highest BCUT2D eigenvalue weighted by atomic mass is 16.2. The molecule has 0 aromatic heterocycles. The second-order valence-corrected chi connectivity index (χ2v) is 4.41. The molecule has 1 fully saturated rings. The summed E-state index contributed by atoms with van der Waals surface area (Å²) in [4.78, 5) is 24.9. The maximum absolute atomic E-state index is 11.9. The van der Waals surface area contributed by atoms with E-state index in [-0.39, 0.29) is 24.4 Å². The number of carbonyl (C=O) groups excluding carboxylic acids is 2. The number of amides is 2. The Labute approximate surface area is 101 Å². The van der Waals surface area contributed by atoms with Crippen molar-refractivity contribution in [2.24, 2.45) is 0 Å². The number of nitrogens with one attached hydrogen (secondary N) is 1. The molecule has 1 unspecified atom stereocenters. The minimum Gasteiger partial charge on any atom is -0.298 e. The number of piperazine rings is 1. The third-order valence-electron chi connectivity index (χ3n) is 2.92. The molecule has 0 bridgehead atoms. The standard InChI is InChI=1S/C13H16N2O2/c1-9-4-3-5-11(6-9)8-15-12(16)7-14-10(2)13(15)17/h3-6,10,14H,7-8H2,1-2H3. The summed E-state index contributed by atoms with van der Waals surface area (Å²) in [6.07, 6.45) is 0. The second-order valence-electron chi connectivity index (χ2n) is 4.41. The molecule has 90 valence electrons. The number of imide groups is 1. The largest absolute Gasteiger partial charge is 0.298 e. The van der Waals surface area contributed by atoms with Gasteiger partial charge in [0, 0.05) is 0 Å². The average Bonchev–Trinajstić information content (AvgIpc) is 2.30. The lowest BCUT2D eigenvalue weighted by atomic mass is 10.1. The second kappa shape index (κ2) is 4.67. The predicted molar refractivity (Wildman–Crippen MR) is 64.2 cm³/mol. The van der Waals surface area contributed by atoms with Crippen molar-refractivity contribution < 1.29 is 9.59 Å². The van der Waals surface area contributed by atoms with E-state index < -0.39 is 0 Å². The molecule has 1 N–H and O–H groups in total. The van der Waals surface area contributed by atoms with Crippen molar-refractivity contribution in [3.63, 3.8) is 0 Å². The number of benzene rings is 1. The summed E-state index contributed by atoms with van der Waals surface area (Å²) in [5, 5.41) is 2.87. The van der Waals surface area contributed by atoms with Crippen molar-refractivity contribution in [1.29, 1.82) is 0 Å². The van der Waals surface area contributed by atoms with Crippen LogP contribution < -0.4 is 5.32 Å². The summed E-state index contributed by atoms with van der Waals surface area (Å²) in [5.41, 5.74) is 2.12. The van der Waals surface area contributed by atoms with E-state index in [4.69, 9.17) is 0 Å². The van der Waals surface area contributed by atoms with E-state index in [0.717, 1.165) is 11.1 Å². The van der Waals surface area contributed by atoms with Crippen LogP contribution in [0.25, 0.3) is 0 Å². The minimum atomic E-state index is -0.280. The molecule has 1 aromatic rings. The number of hydrogen-bond acceptors (Lipinski definition) is 3. The summed E-state index contributed by atoms with van der Waals surface area (Å²) in [6.45, 7) is 4.37. The molecule has 1 aliphatic rings. The van der Waals surface area contributed by atoms with E-state index in [1.165, 1.54) is 4.90 Å². The summed E-state index contributed by atoms with van der Waals surface area (Å²) in [7, 11) is 0. The van der Waals surface area contributed by atoms with Crippen molar-refractivity contribution in [3.05, 3.63) is 35.4 Å². The Morgan fingerprint density at radius 1 is 1.41 bits per heavy atom. The summed E-state index contributed by atoms with van der Waals surface area (Å²) in [5.74, 6) is -0.308. The first-order valence-corrected chi connectivity index (χ1v) is 5.71. The van der Waals surface area contributed by atoms with Crippen LogP contribution in [0.15, 0.2) is 24.3 Å². The molecule has 1 saturated heterocycles. The van der Waals surface area contributed by atoms with Gasteiger partial charge < -0.3 is 0 Å². The van der Waals surface area contributed by atoms with E-state index in [0.29, 0.717) is 6.54 Å². The quantitative estimate of drug-likeness (QED) is 0.769. The van der Waals surface area contributed by atoms with Gasteiger partial charge in [0.05, 0.1) is 19.1 Å². The molecule has 0 spiro atoms. The van der Waals surface area contributed by atoms with Crippen molar-refractivity contribution in [3.8, 4) is 0 Å². The van der Waals surface area contributed by atoms with Crippen LogP contribution in [0, 0.1) is 6.92 Å². The van der Waals surface area contributed by atoms with Gasteiger partial charge in [0.15, 0.2) is 0 Å². The number of rotatable bonds is 2. The van der Waals surface area contributed by atoms with Gasteiger partial charge >= 0.3 is 0 Å². The SMILES string of the molecule is Cc1cccc(CN2C(=O)CNC(C)C2=O)c1. The Balaban J connectivity index is 2.16. The van der Waals surface area contributed by atoms with Crippen molar-refractivity contribution in [2.45, 2.75) is 26.4 Å². The molecule has 17 heavy (non-hydrogen) atoms. The normalized spacial score (nSPS) is 20.8. The van der Waals surface area contributed by atoms with Crippen molar-refractivity contribution in [2.75, 3.05) is 6.54 Å². The van der Waals surface area contributed by atoms with E-state index in [2.05, 4.69) is 5.32 Å². The third kappa shape index (κ3) is 2.53. The molecule has 4 heteroatoms. The fourth-order valence-corrected chi connectivity index (χ4v) is 1.94. The first-order chi connectivity index (χ1) is 8.08. The molecule has 1 aromatic carbocycles. The van der Waals surface area contributed by atoms with Crippen LogP contribution in [0.1, 0.15) is 18.1 Å². The fraction of sp³-hybridized carbons (Fsp3) is 0.385. The van der Waals surface area contributed by atoms with Crippen LogP contribution >= 0.6 is 0 Å². The summed E-state index contributed by atoms with van der Waals surface area (Å²) in [6, 6.07) is 7.57. The number of carbonyl (C=O) groups is 2. The molecule has 0 saturated carbocycles. The summed E-state index contributed by atoms with van der Waals surface area (Å²) >= 11 is 0. The molecule has 1 heterocycles. The Bertz CT molecular complexity index is 456. The van der Waals surface area contributed by atoms with Gasteiger partial charge in [-0.3, -0.25) is 19.8 Å². The van der Waals surface area contributed by atoms with Crippen LogP contribution in [0.3, 0.4) is 0 Å². The highest BCUT2D eigenvalue weighted by Gasteiger charge is 2.30. The van der Waals surface area contributed by atoms with Crippen LogP contribution in [-0.2, 0) is 16.1 Å². The molecule has 2 rings (SSSR count). The molecule has 2 amide bonds. The predicted octanol–water partition coefficient (Wildman–Crippen LogP) is 0.842. The van der Waals surface area contributed by atoms with E-state index >= 15 is 0 Å². The Morgan fingerprint density at radius 3 is 2.88 bits per heavy atom. The third-order valence-corrected chi connectivity index (χ3v) is 2.92. The average molecular weight is 232 g/mol. The molecule has 1 atom stereocenters. The fourth-order valence-electron chi connectivity index (χ4n) is 1.94.